The lowest BCUT2D eigenvalue weighted by Crippen LogP contribution is -2.57. The molecule has 2 amide bonds. The van der Waals surface area contributed by atoms with E-state index in [-0.39, 0.29) is 18.9 Å². The summed E-state index contributed by atoms with van der Waals surface area (Å²) in [6, 6.07) is -1.90. The molecule has 1 fully saturated rings. The van der Waals surface area contributed by atoms with Gasteiger partial charge in [0.05, 0.1) is 6.61 Å². The Balaban J connectivity index is 2.84. The van der Waals surface area contributed by atoms with Crippen LogP contribution < -0.4 is 5.32 Å². The second-order valence-electron chi connectivity index (χ2n) is 4.47. The van der Waals surface area contributed by atoms with E-state index in [1.165, 1.54) is 30.7 Å². The average molecular weight is 340 g/mol. The summed E-state index contributed by atoms with van der Waals surface area (Å²) < 4.78 is 28.8. The van der Waals surface area contributed by atoms with Crippen molar-refractivity contribution in [3.63, 3.8) is 0 Å². The molecule has 1 aliphatic heterocycles. The van der Waals surface area contributed by atoms with Gasteiger partial charge < -0.3 is 20.1 Å². The molecule has 0 aromatic carbocycles. The van der Waals surface area contributed by atoms with Gasteiger partial charge in [0.25, 0.3) is 0 Å². The first-order valence-corrected chi connectivity index (χ1v) is 9.28. The largest absolute Gasteiger partial charge is 0.480 e. The number of sulfone groups is 1. The van der Waals surface area contributed by atoms with Gasteiger partial charge in [0.2, 0.25) is 0 Å². The molecule has 1 saturated heterocycles. The van der Waals surface area contributed by atoms with Gasteiger partial charge in [-0.3, -0.25) is 0 Å². The van der Waals surface area contributed by atoms with Crippen LogP contribution in [0, 0.1) is 0 Å². The zero-order valence-corrected chi connectivity index (χ0v) is 13.6. The number of ether oxygens (including phenoxy) is 1. The molecular weight excluding hydrogens is 320 g/mol. The summed E-state index contributed by atoms with van der Waals surface area (Å²) in [6.07, 6.45) is 0. The number of hydrogen-bond acceptors (Lipinski definition) is 6. The molecule has 2 atom stereocenters. The first-order valence-electron chi connectivity index (χ1n) is 6.41. The molecule has 0 aromatic heterocycles. The topological polar surface area (TPSA) is 113 Å². The number of nitrogens with zero attached hydrogens (tertiary/aromatic N) is 1. The van der Waals surface area contributed by atoms with E-state index < -0.39 is 33.3 Å². The zero-order valence-electron chi connectivity index (χ0n) is 11.9. The van der Waals surface area contributed by atoms with Gasteiger partial charge >= 0.3 is 12.0 Å². The van der Waals surface area contributed by atoms with Crippen molar-refractivity contribution in [1.82, 2.24) is 10.2 Å². The standard InChI is InChI=1S/C11H20N2O6S2/c1-3-21(17,18)9-7-20-5-4-13(9)11(16)12-8(6-19-2)10(14)15/h8-9H,3-7H2,1-2H3,(H,12,16)(H,14,15). The number of amides is 2. The third kappa shape index (κ3) is 4.75. The Morgan fingerprint density at radius 2 is 2.19 bits per heavy atom. The molecule has 2 unspecified atom stereocenters. The number of carbonyl (C=O) groups excluding carboxylic acids is 1. The number of carbonyl (C=O) groups is 2. The van der Waals surface area contributed by atoms with Crippen molar-refractivity contribution in [2.24, 2.45) is 0 Å². The van der Waals surface area contributed by atoms with Crippen LogP contribution in [-0.2, 0) is 19.4 Å². The normalized spacial score (nSPS) is 20.9. The van der Waals surface area contributed by atoms with Crippen LogP contribution in [0.2, 0.25) is 0 Å². The number of aliphatic carboxylic acids is 1. The minimum absolute atomic E-state index is 0.0670. The molecule has 8 nitrogen and oxygen atoms in total. The van der Waals surface area contributed by atoms with E-state index in [4.69, 9.17) is 9.84 Å². The maximum absolute atomic E-state index is 12.2. The quantitative estimate of drug-likeness (QED) is 0.677. The Morgan fingerprint density at radius 1 is 1.52 bits per heavy atom. The van der Waals surface area contributed by atoms with E-state index >= 15 is 0 Å². The second-order valence-corrected chi connectivity index (χ2v) is 8.07. The number of rotatable bonds is 6. The average Bonchev–Trinajstić information content (AvgIpc) is 2.46. The molecule has 0 aliphatic carbocycles. The van der Waals surface area contributed by atoms with Crippen LogP contribution in [0.5, 0.6) is 0 Å². The number of carboxylic acids is 1. The number of thioether (sulfide) groups is 1. The Hall–Kier alpha value is -1.00. The van der Waals surface area contributed by atoms with Crippen molar-refractivity contribution < 1.29 is 27.9 Å². The van der Waals surface area contributed by atoms with Crippen molar-refractivity contribution in [3.05, 3.63) is 0 Å². The number of urea groups is 1. The van der Waals surface area contributed by atoms with Crippen LogP contribution in [0.3, 0.4) is 0 Å². The first kappa shape index (κ1) is 18.1. The zero-order chi connectivity index (χ0) is 16.0. The van der Waals surface area contributed by atoms with Gasteiger partial charge in [0.15, 0.2) is 15.9 Å². The Kier molecular flexibility index (Phi) is 6.75. The lowest BCUT2D eigenvalue weighted by Gasteiger charge is -2.35. The second kappa shape index (κ2) is 7.85. The lowest BCUT2D eigenvalue weighted by molar-refractivity contribution is -0.140. The lowest BCUT2D eigenvalue weighted by atomic mass is 10.3. The molecule has 0 saturated carbocycles. The van der Waals surface area contributed by atoms with Crippen molar-refractivity contribution in [1.29, 1.82) is 0 Å². The van der Waals surface area contributed by atoms with Gasteiger partial charge in [-0.25, -0.2) is 18.0 Å². The van der Waals surface area contributed by atoms with Crippen LogP contribution in [0.1, 0.15) is 6.92 Å². The molecule has 0 aromatic rings. The van der Waals surface area contributed by atoms with Crippen molar-refractivity contribution in [3.8, 4) is 0 Å². The summed E-state index contributed by atoms with van der Waals surface area (Å²) in [5.41, 5.74) is 0. The predicted molar refractivity (Wildman–Crippen MR) is 79.1 cm³/mol. The van der Waals surface area contributed by atoms with E-state index in [1.54, 1.807) is 0 Å². The summed E-state index contributed by atoms with van der Waals surface area (Å²) in [5, 5.41) is 10.4. The summed E-state index contributed by atoms with van der Waals surface area (Å²) >= 11 is 1.46. The van der Waals surface area contributed by atoms with Crippen LogP contribution >= 0.6 is 11.8 Å². The molecule has 1 aliphatic rings. The highest BCUT2D eigenvalue weighted by molar-refractivity contribution is 8.01. The molecule has 122 valence electrons. The molecule has 0 bridgehead atoms. The highest BCUT2D eigenvalue weighted by Gasteiger charge is 2.37. The minimum Gasteiger partial charge on any atom is -0.480 e. The van der Waals surface area contributed by atoms with Gasteiger partial charge in [0, 0.05) is 30.9 Å². The van der Waals surface area contributed by atoms with Crippen molar-refractivity contribution >= 4 is 33.6 Å². The smallest absolute Gasteiger partial charge is 0.328 e. The minimum atomic E-state index is -3.42. The highest BCUT2D eigenvalue weighted by atomic mass is 32.2. The number of carboxylic acid groups (broad SMARTS) is 1. The summed E-state index contributed by atoms with van der Waals surface area (Å²) in [6.45, 7) is 1.60. The molecule has 0 radical (unpaired) electrons. The highest BCUT2D eigenvalue weighted by Crippen LogP contribution is 2.21. The predicted octanol–water partition coefficient (Wildman–Crippen LogP) is -0.395. The summed E-state index contributed by atoms with van der Waals surface area (Å²) in [5.74, 6) is -0.384. The van der Waals surface area contributed by atoms with Crippen LogP contribution in [-0.4, -0.2) is 79.4 Å². The third-order valence-electron chi connectivity index (χ3n) is 3.09. The van der Waals surface area contributed by atoms with E-state index in [1.807, 2.05) is 0 Å². The van der Waals surface area contributed by atoms with Gasteiger partial charge in [-0.1, -0.05) is 6.92 Å². The number of nitrogens with one attached hydrogen (secondary N) is 1. The van der Waals surface area contributed by atoms with Gasteiger partial charge in [0.1, 0.15) is 5.37 Å². The van der Waals surface area contributed by atoms with Crippen molar-refractivity contribution in [2.45, 2.75) is 18.3 Å². The molecule has 0 spiro atoms. The molecule has 10 heteroatoms. The Morgan fingerprint density at radius 3 is 2.71 bits per heavy atom. The van der Waals surface area contributed by atoms with Crippen molar-refractivity contribution in [2.75, 3.05) is 37.5 Å². The maximum atomic E-state index is 12.2. The molecule has 1 rings (SSSR count). The fraction of sp³-hybridized carbons (Fsp3) is 0.818. The molecule has 1 heterocycles. The van der Waals surface area contributed by atoms with Crippen LogP contribution in [0.15, 0.2) is 0 Å². The van der Waals surface area contributed by atoms with E-state index in [2.05, 4.69) is 5.32 Å². The van der Waals surface area contributed by atoms with Crippen LogP contribution in [0.4, 0.5) is 4.79 Å². The molecular formula is C11H20N2O6S2. The SMILES string of the molecule is CCS(=O)(=O)C1CSCCN1C(=O)NC(COC)C(=O)O. The summed E-state index contributed by atoms with van der Waals surface area (Å²) in [4.78, 5) is 24.4. The van der Waals surface area contributed by atoms with E-state index in [0.717, 1.165) is 0 Å². The fourth-order valence-corrected chi connectivity index (χ4v) is 4.84. The Labute approximate surface area is 128 Å². The summed E-state index contributed by atoms with van der Waals surface area (Å²) in [7, 11) is -2.09. The fourth-order valence-electron chi connectivity index (χ4n) is 1.88. The first-order chi connectivity index (χ1) is 9.83. The number of hydrogen-bond donors (Lipinski definition) is 2. The van der Waals surface area contributed by atoms with Gasteiger partial charge in [-0.05, 0) is 0 Å². The monoisotopic (exact) mass is 340 g/mol. The maximum Gasteiger partial charge on any atom is 0.328 e. The Bertz CT molecular complexity index is 481. The van der Waals surface area contributed by atoms with Gasteiger partial charge in [-0.15, -0.1) is 0 Å². The van der Waals surface area contributed by atoms with E-state index in [9.17, 15) is 18.0 Å². The van der Waals surface area contributed by atoms with Gasteiger partial charge in [-0.2, -0.15) is 11.8 Å². The number of methoxy groups -OCH3 is 1. The van der Waals surface area contributed by atoms with E-state index in [0.29, 0.717) is 11.5 Å². The molecule has 21 heavy (non-hydrogen) atoms. The van der Waals surface area contributed by atoms with Crippen LogP contribution in [0.25, 0.3) is 0 Å². The third-order valence-corrected chi connectivity index (χ3v) is 6.38. The molecule has 2 N–H and O–H groups in total.